The Kier molecular flexibility index (Phi) is 4.16. The van der Waals surface area contributed by atoms with E-state index >= 15 is 0 Å². The number of thiazole rings is 1. The van der Waals surface area contributed by atoms with Crippen molar-refractivity contribution in [2.24, 2.45) is 5.41 Å². The molecule has 20 heavy (non-hydrogen) atoms. The molecule has 2 unspecified atom stereocenters. The Morgan fingerprint density at radius 2 is 2.30 bits per heavy atom. The summed E-state index contributed by atoms with van der Waals surface area (Å²) in [7, 11) is 0. The predicted octanol–water partition coefficient (Wildman–Crippen LogP) is 3.49. The van der Waals surface area contributed by atoms with E-state index in [-0.39, 0.29) is 0 Å². The molecule has 0 amide bonds. The van der Waals surface area contributed by atoms with Crippen LogP contribution in [0.25, 0.3) is 0 Å². The summed E-state index contributed by atoms with van der Waals surface area (Å²) in [6, 6.07) is 0.495. The van der Waals surface area contributed by atoms with Gasteiger partial charge in [-0.1, -0.05) is 20.8 Å². The van der Waals surface area contributed by atoms with Crippen molar-refractivity contribution in [3.63, 3.8) is 0 Å². The van der Waals surface area contributed by atoms with Gasteiger partial charge in [-0.2, -0.15) is 0 Å². The maximum absolute atomic E-state index is 5.76. The first-order valence-electron chi connectivity index (χ1n) is 7.91. The summed E-state index contributed by atoms with van der Waals surface area (Å²) in [5.74, 6) is 0. The van der Waals surface area contributed by atoms with E-state index in [2.05, 4.69) is 26.1 Å². The molecule has 1 fully saturated rings. The Balaban J connectivity index is 1.80. The summed E-state index contributed by atoms with van der Waals surface area (Å²) < 4.78 is 5.76. The lowest BCUT2D eigenvalue weighted by molar-refractivity contribution is 0.111. The standard InChI is InChI=1S/C16H26N2OS/c1-4-17-12-9-16(2,3)10-13-15(12)20-14(18-13)8-11-6-5-7-19-11/h11-12,17H,4-10H2,1-3H3. The van der Waals surface area contributed by atoms with Crippen molar-refractivity contribution in [3.8, 4) is 0 Å². The number of hydrogen-bond donors (Lipinski definition) is 1. The molecule has 1 aromatic rings. The molecule has 1 saturated heterocycles. The van der Waals surface area contributed by atoms with Crippen LogP contribution in [0.15, 0.2) is 0 Å². The van der Waals surface area contributed by atoms with Crippen LogP contribution in [0.2, 0.25) is 0 Å². The minimum absolute atomic E-state index is 0.356. The van der Waals surface area contributed by atoms with Crippen LogP contribution in [0.5, 0.6) is 0 Å². The van der Waals surface area contributed by atoms with Crippen LogP contribution in [-0.4, -0.2) is 24.2 Å². The zero-order valence-corrected chi connectivity index (χ0v) is 13.7. The monoisotopic (exact) mass is 294 g/mol. The fourth-order valence-corrected chi connectivity index (χ4v) is 4.71. The van der Waals surface area contributed by atoms with Gasteiger partial charge in [0.05, 0.1) is 16.8 Å². The quantitative estimate of drug-likeness (QED) is 0.923. The van der Waals surface area contributed by atoms with Crippen molar-refractivity contribution in [3.05, 3.63) is 15.6 Å². The van der Waals surface area contributed by atoms with Gasteiger partial charge in [0.25, 0.3) is 0 Å². The van der Waals surface area contributed by atoms with Gasteiger partial charge in [-0.15, -0.1) is 11.3 Å². The molecular formula is C16H26N2OS. The zero-order valence-electron chi connectivity index (χ0n) is 12.9. The molecular weight excluding hydrogens is 268 g/mol. The van der Waals surface area contributed by atoms with E-state index in [4.69, 9.17) is 9.72 Å². The summed E-state index contributed by atoms with van der Waals surface area (Å²) in [5, 5.41) is 4.92. The first kappa shape index (κ1) is 14.5. The van der Waals surface area contributed by atoms with Crippen molar-refractivity contribution in [2.45, 2.75) is 65.0 Å². The van der Waals surface area contributed by atoms with E-state index in [9.17, 15) is 0 Å². The molecule has 0 aromatic carbocycles. The highest BCUT2D eigenvalue weighted by atomic mass is 32.1. The number of rotatable bonds is 4. The van der Waals surface area contributed by atoms with Crippen LogP contribution in [0.3, 0.4) is 0 Å². The summed E-state index contributed by atoms with van der Waals surface area (Å²) in [6.07, 6.45) is 6.17. The van der Waals surface area contributed by atoms with Gasteiger partial charge in [-0.05, 0) is 37.6 Å². The highest BCUT2D eigenvalue weighted by Crippen LogP contribution is 2.43. The van der Waals surface area contributed by atoms with Gasteiger partial charge in [-0.3, -0.25) is 0 Å². The number of aromatic nitrogens is 1. The fraction of sp³-hybridized carbons (Fsp3) is 0.812. The van der Waals surface area contributed by atoms with Gasteiger partial charge >= 0.3 is 0 Å². The second kappa shape index (κ2) is 5.74. The lowest BCUT2D eigenvalue weighted by Crippen LogP contribution is -2.32. The maximum Gasteiger partial charge on any atom is 0.0957 e. The molecule has 1 aliphatic carbocycles. The molecule has 0 bridgehead atoms. The van der Waals surface area contributed by atoms with Gasteiger partial charge in [0.1, 0.15) is 0 Å². The molecule has 0 radical (unpaired) electrons. The average molecular weight is 294 g/mol. The number of nitrogens with zero attached hydrogens (tertiary/aromatic N) is 1. The van der Waals surface area contributed by atoms with E-state index in [0.29, 0.717) is 17.6 Å². The van der Waals surface area contributed by atoms with Crippen LogP contribution in [0.1, 0.15) is 61.7 Å². The van der Waals surface area contributed by atoms with Crippen LogP contribution in [0, 0.1) is 5.41 Å². The van der Waals surface area contributed by atoms with Crippen LogP contribution in [-0.2, 0) is 17.6 Å². The summed E-state index contributed by atoms with van der Waals surface area (Å²) in [6.45, 7) is 8.87. The van der Waals surface area contributed by atoms with Crippen LogP contribution >= 0.6 is 11.3 Å². The largest absolute Gasteiger partial charge is 0.378 e. The first-order valence-corrected chi connectivity index (χ1v) is 8.72. The third kappa shape index (κ3) is 3.07. The molecule has 0 saturated carbocycles. The normalized spacial score (nSPS) is 28.6. The molecule has 2 aliphatic rings. The molecule has 3 rings (SSSR count). The highest BCUT2D eigenvalue weighted by Gasteiger charge is 2.34. The van der Waals surface area contributed by atoms with Crippen LogP contribution in [0.4, 0.5) is 0 Å². The average Bonchev–Trinajstić information content (AvgIpc) is 2.98. The first-order chi connectivity index (χ1) is 9.57. The fourth-order valence-electron chi connectivity index (χ4n) is 3.48. The Morgan fingerprint density at radius 3 is 3.00 bits per heavy atom. The molecule has 1 aromatic heterocycles. The van der Waals surface area contributed by atoms with Gasteiger partial charge < -0.3 is 10.1 Å². The topological polar surface area (TPSA) is 34.2 Å². The van der Waals surface area contributed by atoms with Crippen molar-refractivity contribution < 1.29 is 4.74 Å². The Labute approximate surface area is 126 Å². The van der Waals surface area contributed by atoms with E-state index in [1.54, 1.807) is 0 Å². The second-order valence-electron chi connectivity index (χ2n) is 6.91. The predicted molar refractivity (Wildman–Crippen MR) is 83.3 cm³/mol. The lowest BCUT2D eigenvalue weighted by atomic mass is 9.76. The molecule has 0 spiro atoms. The number of hydrogen-bond acceptors (Lipinski definition) is 4. The van der Waals surface area contributed by atoms with Crippen molar-refractivity contribution >= 4 is 11.3 Å². The Bertz CT molecular complexity index is 463. The Hall–Kier alpha value is -0.450. The van der Waals surface area contributed by atoms with Crippen molar-refractivity contribution in [1.82, 2.24) is 10.3 Å². The summed E-state index contributed by atoms with van der Waals surface area (Å²) in [5.41, 5.74) is 1.69. The van der Waals surface area contributed by atoms with E-state index < -0.39 is 0 Å². The van der Waals surface area contributed by atoms with E-state index in [1.807, 2.05) is 11.3 Å². The Morgan fingerprint density at radius 1 is 1.45 bits per heavy atom. The van der Waals surface area contributed by atoms with E-state index in [1.165, 1.54) is 34.8 Å². The zero-order chi connectivity index (χ0) is 14.2. The minimum atomic E-state index is 0.356. The van der Waals surface area contributed by atoms with E-state index in [0.717, 1.165) is 26.0 Å². The summed E-state index contributed by atoms with van der Waals surface area (Å²) >= 11 is 1.92. The SMILES string of the molecule is CCNC1CC(C)(C)Cc2nc(CC3CCCO3)sc21. The minimum Gasteiger partial charge on any atom is -0.378 e. The maximum atomic E-state index is 5.76. The molecule has 2 heterocycles. The van der Waals surface area contributed by atoms with Gasteiger partial charge in [-0.25, -0.2) is 4.98 Å². The number of nitrogens with one attached hydrogen (secondary N) is 1. The van der Waals surface area contributed by atoms with Crippen molar-refractivity contribution in [1.29, 1.82) is 0 Å². The third-order valence-corrected chi connectivity index (χ3v) is 5.60. The molecule has 2 atom stereocenters. The molecule has 3 nitrogen and oxygen atoms in total. The third-order valence-electron chi connectivity index (χ3n) is 4.37. The van der Waals surface area contributed by atoms with Crippen LogP contribution < -0.4 is 5.32 Å². The van der Waals surface area contributed by atoms with Gasteiger partial charge in [0.15, 0.2) is 0 Å². The summed E-state index contributed by atoms with van der Waals surface area (Å²) in [4.78, 5) is 6.43. The van der Waals surface area contributed by atoms with Crippen molar-refractivity contribution in [2.75, 3.05) is 13.2 Å². The molecule has 1 aliphatic heterocycles. The lowest BCUT2D eigenvalue weighted by Gasteiger charge is -2.34. The number of fused-ring (bicyclic) bond motifs is 1. The molecule has 1 N–H and O–H groups in total. The highest BCUT2D eigenvalue weighted by molar-refractivity contribution is 7.11. The second-order valence-corrected chi connectivity index (χ2v) is 8.03. The molecule has 112 valence electrons. The van der Waals surface area contributed by atoms with Gasteiger partial charge in [0, 0.05) is 23.9 Å². The number of ether oxygens (including phenoxy) is 1. The van der Waals surface area contributed by atoms with Gasteiger partial charge in [0.2, 0.25) is 0 Å². The smallest absolute Gasteiger partial charge is 0.0957 e. The molecule has 4 heteroatoms.